The molecule has 0 unspecified atom stereocenters. The predicted octanol–water partition coefficient (Wildman–Crippen LogP) is 4.90. The van der Waals surface area contributed by atoms with Crippen LogP contribution in [0.3, 0.4) is 0 Å². The van der Waals surface area contributed by atoms with Crippen molar-refractivity contribution in [1.29, 1.82) is 0 Å². The van der Waals surface area contributed by atoms with Crippen LogP contribution in [0.2, 0.25) is 0 Å². The molecule has 2 aromatic carbocycles. The number of hydrogen-bond donors (Lipinski definition) is 0. The molecule has 8 nitrogen and oxygen atoms in total. The Hall–Kier alpha value is -4.20. The monoisotopic (exact) mass is 511 g/mol. The number of rotatable bonds is 9. The van der Waals surface area contributed by atoms with Crippen LogP contribution in [0, 0.1) is 5.92 Å². The van der Waals surface area contributed by atoms with Crippen LogP contribution in [0.5, 0.6) is 11.5 Å². The van der Waals surface area contributed by atoms with E-state index in [0.29, 0.717) is 17.6 Å². The molecule has 0 radical (unpaired) electrons. The molecule has 1 saturated heterocycles. The third kappa shape index (κ3) is 6.02. The summed E-state index contributed by atoms with van der Waals surface area (Å²) in [4.78, 5) is 24.6. The van der Waals surface area contributed by atoms with Crippen molar-refractivity contribution in [2.45, 2.75) is 32.2 Å². The van der Waals surface area contributed by atoms with Crippen molar-refractivity contribution in [1.82, 2.24) is 24.6 Å². The SMILES string of the molecule is COc1ccc(-c2nc(-c3ccccc3)n(CC(=O)N3CCC(CCc4cc(OC)ccn4)CC3)n2)cc1. The number of pyridine rings is 1. The minimum atomic E-state index is 0.0706. The molecule has 0 aliphatic carbocycles. The third-order valence-electron chi connectivity index (χ3n) is 7.14. The van der Waals surface area contributed by atoms with Crippen LogP contribution >= 0.6 is 0 Å². The van der Waals surface area contributed by atoms with Crippen molar-refractivity contribution in [2.75, 3.05) is 27.3 Å². The maximum atomic E-state index is 13.3. The molecular weight excluding hydrogens is 478 g/mol. The molecule has 0 spiro atoms. The van der Waals surface area contributed by atoms with Gasteiger partial charge in [-0.3, -0.25) is 9.78 Å². The summed E-state index contributed by atoms with van der Waals surface area (Å²) in [7, 11) is 3.32. The Balaban J connectivity index is 1.24. The van der Waals surface area contributed by atoms with Gasteiger partial charge in [-0.05, 0) is 61.9 Å². The van der Waals surface area contributed by atoms with Crippen molar-refractivity contribution in [2.24, 2.45) is 5.92 Å². The molecule has 5 rings (SSSR count). The summed E-state index contributed by atoms with van der Waals surface area (Å²) < 4.78 is 12.3. The van der Waals surface area contributed by atoms with E-state index in [1.165, 1.54) is 0 Å². The van der Waals surface area contributed by atoms with Crippen LogP contribution in [0.1, 0.15) is 25.0 Å². The molecule has 1 aliphatic heterocycles. The van der Waals surface area contributed by atoms with Gasteiger partial charge in [-0.25, -0.2) is 9.67 Å². The predicted molar refractivity (Wildman–Crippen MR) is 146 cm³/mol. The Morgan fingerprint density at radius 3 is 2.37 bits per heavy atom. The number of carbonyl (C=O) groups is 1. The molecule has 1 aliphatic rings. The number of benzene rings is 2. The second-order valence-electron chi connectivity index (χ2n) is 9.56. The summed E-state index contributed by atoms with van der Waals surface area (Å²) >= 11 is 0. The van der Waals surface area contributed by atoms with Gasteiger partial charge < -0.3 is 14.4 Å². The van der Waals surface area contributed by atoms with Gasteiger partial charge in [0.2, 0.25) is 5.91 Å². The molecule has 0 N–H and O–H groups in total. The van der Waals surface area contributed by atoms with Crippen LogP contribution in [0.25, 0.3) is 22.8 Å². The lowest BCUT2D eigenvalue weighted by Crippen LogP contribution is -2.40. The minimum Gasteiger partial charge on any atom is -0.497 e. The van der Waals surface area contributed by atoms with Gasteiger partial charge in [-0.15, -0.1) is 5.10 Å². The second-order valence-corrected chi connectivity index (χ2v) is 9.56. The van der Waals surface area contributed by atoms with E-state index in [1.807, 2.05) is 71.6 Å². The molecule has 1 amide bonds. The quantitative estimate of drug-likeness (QED) is 0.318. The fraction of sp³-hybridized carbons (Fsp3) is 0.333. The van der Waals surface area contributed by atoms with Gasteiger partial charge in [0.1, 0.15) is 18.0 Å². The van der Waals surface area contributed by atoms with Gasteiger partial charge >= 0.3 is 0 Å². The van der Waals surface area contributed by atoms with Crippen molar-refractivity contribution in [3.63, 3.8) is 0 Å². The third-order valence-corrected chi connectivity index (χ3v) is 7.14. The van der Waals surface area contributed by atoms with E-state index < -0.39 is 0 Å². The summed E-state index contributed by atoms with van der Waals surface area (Å²) in [6.07, 6.45) is 5.77. The maximum Gasteiger partial charge on any atom is 0.244 e. The first kappa shape index (κ1) is 25.4. The average molecular weight is 512 g/mol. The number of aryl methyl sites for hydroxylation is 1. The molecule has 196 valence electrons. The van der Waals surface area contributed by atoms with Crippen LogP contribution < -0.4 is 9.47 Å². The van der Waals surface area contributed by atoms with E-state index >= 15 is 0 Å². The lowest BCUT2D eigenvalue weighted by atomic mass is 9.91. The fourth-order valence-electron chi connectivity index (χ4n) is 4.89. The average Bonchev–Trinajstić information content (AvgIpc) is 3.40. The zero-order chi connectivity index (χ0) is 26.3. The molecule has 8 heteroatoms. The summed E-state index contributed by atoms with van der Waals surface area (Å²) in [6.45, 7) is 1.68. The van der Waals surface area contributed by atoms with Gasteiger partial charge in [-0.2, -0.15) is 0 Å². The number of piperidine rings is 1. The topological polar surface area (TPSA) is 82.4 Å². The van der Waals surface area contributed by atoms with E-state index in [9.17, 15) is 4.79 Å². The van der Waals surface area contributed by atoms with E-state index in [1.54, 1.807) is 25.1 Å². The van der Waals surface area contributed by atoms with Crippen molar-refractivity contribution < 1.29 is 14.3 Å². The summed E-state index contributed by atoms with van der Waals surface area (Å²) in [5.74, 6) is 3.54. The van der Waals surface area contributed by atoms with E-state index in [0.717, 1.165) is 67.1 Å². The molecule has 0 saturated carbocycles. The fourth-order valence-corrected chi connectivity index (χ4v) is 4.89. The first-order valence-corrected chi connectivity index (χ1v) is 13.0. The number of likely N-dealkylation sites (tertiary alicyclic amines) is 1. The summed E-state index contributed by atoms with van der Waals surface area (Å²) in [5, 5.41) is 4.74. The highest BCUT2D eigenvalue weighted by Gasteiger charge is 2.24. The van der Waals surface area contributed by atoms with Crippen molar-refractivity contribution in [3.8, 4) is 34.3 Å². The van der Waals surface area contributed by atoms with E-state index in [-0.39, 0.29) is 12.5 Å². The van der Waals surface area contributed by atoms with E-state index in [2.05, 4.69) is 4.98 Å². The number of nitrogens with zero attached hydrogens (tertiary/aromatic N) is 5. The largest absolute Gasteiger partial charge is 0.497 e. The number of ether oxygens (including phenoxy) is 2. The zero-order valence-corrected chi connectivity index (χ0v) is 21.9. The number of carbonyl (C=O) groups excluding carboxylic acids is 1. The highest BCUT2D eigenvalue weighted by Crippen LogP contribution is 2.26. The highest BCUT2D eigenvalue weighted by atomic mass is 16.5. The van der Waals surface area contributed by atoms with Crippen molar-refractivity contribution >= 4 is 5.91 Å². The normalized spacial score (nSPS) is 13.9. The molecule has 0 bridgehead atoms. The number of amides is 1. The number of hydrogen-bond acceptors (Lipinski definition) is 6. The van der Waals surface area contributed by atoms with Gasteiger partial charge in [0.05, 0.1) is 14.2 Å². The van der Waals surface area contributed by atoms with Crippen LogP contribution in [0.4, 0.5) is 0 Å². The molecule has 3 heterocycles. The standard InChI is InChI=1S/C30H33N5O3/c1-37-26-12-9-23(10-13-26)29-32-30(24-6-4-3-5-7-24)35(33-29)21-28(36)34-18-15-22(16-19-34)8-11-25-20-27(38-2)14-17-31-25/h3-7,9-10,12-14,17,20,22H,8,11,15-16,18-19,21H2,1-2H3. The minimum absolute atomic E-state index is 0.0706. The van der Waals surface area contributed by atoms with Gasteiger partial charge in [0.15, 0.2) is 11.6 Å². The van der Waals surface area contributed by atoms with Gasteiger partial charge in [0, 0.05) is 42.2 Å². The molecule has 0 atom stereocenters. The first-order valence-electron chi connectivity index (χ1n) is 13.0. The Labute approximate surface area is 223 Å². The van der Waals surface area contributed by atoms with Gasteiger partial charge in [0.25, 0.3) is 0 Å². The summed E-state index contributed by atoms with van der Waals surface area (Å²) in [5.41, 5.74) is 2.85. The first-order chi connectivity index (χ1) is 18.6. The molecule has 38 heavy (non-hydrogen) atoms. The molecule has 2 aromatic heterocycles. The van der Waals surface area contributed by atoms with Crippen LogP contribution in [0.15, 0.2) is 72.9 Å². The molecule has 4 aromatic rings. The number of aromatic nitrogens is 4. The van der Waals surface area contributed by atoms with E-state index in [4.69, 9.17) is 19.6 Å². The van der Waals surface area contributed by atoms with Crippen LogP contribution in [-0.4, -0.2) is 57.9 Å². The Kier molecular flexibility index (Phi) is 7.97. The Morgan fingerprint density at radius 1 is 0.921 bits per heavy atom. The second kappa shape index (κ2) is 11.9. The molecular formula is C30H33N5O3. The van der Waals surface area contributed by atoms with Gasteiger partial charge in [-0.1, -0.05) is 30.3 Å². The number of methoxy groups -OCH3 is 2. The highest BCUT2D eigenvalue weighted by molar-refractivity contribution is 5.77. The Bertz CT molecular complexity index is 1350. The van der Waals surface area contributed by atoms with Crippen LogP contribution in [-0.2, 0) is 17.8 Å². The lowest BCUT2D eigenvalue weighted by molar-refractivity contribution is -0.133. The maximum absolute atomic E-state index is 13.3. The Morgan fingerprint density at radius 2 is 1.66 bits per heavy atom. The molecule has 1 fully saturated rings. The summed E-state index contributed by atoms with van der Waals surface area (Å²) in [6, 6.07) is 21.4. The smallest absolute Gasteiger partial charge is 0.244 e. The lowest BCUT2D eigenvalue weighted by Gasteiger charge is -2.32. The zero-order valence-electron chi connectivity index (χ0n) is 21.9. The van der Waals surface area contributed by atoms with Crippen molar-refractivity contribution in [3.05, 3.63) is 78.6 Å².